The van der Waals surface area contributed by atoms with Gasteiger partial charge in [-0.05, 0) is 25.0 Å². The number of hydrogen-bond donors (Lipinski definition) is 1. The lowest BCUT2D eigenvalue weighted by atomic mass is 9.90. The fourth-order valence-electron chi connectivity index (χ4n) is 1.38. The van der Waals surface area contributed by atoms with Crippen LogP contribution in [0.25, 0.3) is 0 Å². The summed E-state index contributed by atoms with van der Waals surface area (Å²) in [6.45, 7) is 5.65. The molecular weight excluding hydrogens is 164 g/mol. The molecule has 1 atom stereocenters. The number of aliphatic hydroxyl groups is 1. The molecule has 72 valence electrons. The first-order chi connectivity index (χ1) is 5.79. The van der Waals surface area contributed by atoms with E-state index >= 15 is 0 Å². The largest absolute Gasteiger partial charge is 0.512 e. The van der Waals surface area contributed by atoms with Gasteiger partial charge in [-0.2, -0.15) is 0 Å². The van der Waals surface area contributed by atoms with E-state index in [1.54, 1.807) is 6.08 Å². The van der Waals surface area contributed by atoms with Crippen molar-refractivity contribution in [3.8, 4) is 0 Å². The predicted octanol–water partition coefficient (Wildman–Crippen LogP) is 2.31. The van der Waals surface area contributed by atoms with Crippen LogP contribution in [-0.4, -0.2) is 10.6 Å². The summed E-state index contributed by atoms with van der Waals surface area (Å²) in [6, 6.07) is 0. The lowest BCUT2D eigenvalue weighted by Crippen LogP contribution is -2.07. The van der Waals surface area contributed by atoms with Gasteiger partial charge in [-0.25, -0.2) is 0 Å². The standard InChI is InChI=1S/C11H14O.H2O/c1-3-6-10-9(4-2)7-5-8-11(10)12;/h3-5,7-8,10,12H,1,6H2,2H3;1H2. The minimum Gasteiger partial charge on any atom is -0.512 e. The lowest BCUT2D eigenvalue weighted by Gasteiger charge is -2.18. The van der Waals surface area contributed by atoms with E-state index in [-0.39, 0.29) is 11.4 Å². The Morgan fingerprint density at radius 1 is 1.62 bits per heavy atom. The first kappa shape index (κ1) is 11.7. The second-order valence-electron chi connectivity index (χ2n) is 2.82. The molecule has 1 aliphatic carbocycles. The highest BCUT2D eigenvalue weighted by atomic mass is 16.3. The minimum atomic E-state index is 0. The molecule has 0 spiro atoms. The first-order valence-corrected chi connectivity index (χ1v) is 4.14. The highest BCUT2D eigenvalue weighted by molar-refractivity contribution is 5.35. The normalized spacial score (nSPS) is 23.6. The zero-order chi connectivity index (χ0) is 8.97. The van der Waals surface area contributed by atoms with Crippen LogP contribution >= 0.6 is 0 Å². The van der Waals surface area contributed by atoms with E-state index in [1.807, 2.05) is 31.2 Å². The molecule has 0 amide bonds. The quantitative estimate of drug-likeness (QED) is 0.651. The highest BCUT2D eigenvalue weighted by Crippen LogP contribution is 2.26. The van der Waals surface area contributed by atoms with Crippen molar-refractivity contribution >= 4 is 0 Å². The van der Waals surface area contributed by atoms with Crippen LogP contribution in [0.1, 0.15) is 13.3 Å². The van der Waals surface area contributed by atoms with Gasteiger partial charge >= 0.3 is 0 Å². The maximum Gasteiger partial charge on any atom is 0.1000 e. The first-order valence-electron chi connectivity index (χ1n) is 4.14. The van der Waals surface area contributed by atoms with E-state index in [0.29, 0.717) is 5.76 Å². The molecule has 3 N–H and O–H groups in total. The highest BCUT2D eigenvalue weighted by Gasteiger charge is 2.16. The Morgan fingerprint density at radius 2 is 2.31 bits per heavy atom. The monoisotopic (exact) mass is 180 g/mol. The Bertz CT molecular complexity index is 259. The Morgan fingerprint density at radius 3 is 2.85 bits per heavy atom. The second kappa shape index (κ2) is 5.38. The molecule has 0 aromatic rings. The van der Waals surface area contributed by atoms with Crippen LogP contribution in [0.3, 0.4) is 0 Å². The molecule has 0 radical (unpaired) electrons. The maximum absolute atomic E-state index is 9.52. The Hall–Kier alpha value is -1.28. The molecule has 0 aromatic heterocycles. The molecule has 2 heteroatoms. The molecule has 1 rings (SSSR count). The third-order valence-corrected chi connectivity index (χ3v) is 2.05. The average Bonchev–Trinajstić information content (AvgIpc) is 2.09. The van der Waals surface area contributed by atoms with Crippen LogP contribution in [0, 0.1) is 5.92 Å². The van der Waals surface area contributed by atoms with E-state index in [2.05, 4.69) is 6.58 Å². The molecule has 1 aliphatic rings. The zero-order valence-electron chi connectivity index (χ0n) is 7.83. The van der Waals surface area contributed by atoms with Gasteiger partial charge in [-0.1, -0.05) is 24.3 Å². The van der Waals surface area contributed by atoms with Crippen LogP contribution < -0.4 is 0 Å². The molecule has 0 saturated carbocycles. The molecule has 0 fully saturated rings. The van der Waals surface area contributed by atoms with Gasteiger partial charge in [0.25, 0.3) is 0 Å². The topological polar surface area (TPSA) is 51.7 Å². The third-order valence-electron chi connectivity index (χ3n) is 2.05. The van der Waals surface area contributed by atoms with Crippen LogP contribution in [0.2, 0.25) is 0 Å². The fraction of sp³-hybridized carbons (Fsp3) is 0.273. The van der Waals surface area contributed by atoms with Crippen LogP contribution in [0.15, 0.2) is 48.3 Å². The molecule has 0 aromatic carbocycles. The summed E-state index contributed by atoms with van der Waals surface area (Å²) in [5, 5.41) is 9.52. The van der Waals surface area contributed by atoms with Crippen molar-refractivity contribution in [3.63, 3.8) is 0 Å². The van der Waals surface area contributed by atoms with Crippen molar-refractivity contribution in [2.24, 2.45) is 5.92 Å². The number of allylic oxidation sites excluding steroid dienone is 6. The number of aliphatic hydroxyl groups excluding tert-OH is 1. The summed E-state index contributed by atoms with van der Waals surface area (Å²) in [7, 11) is 0. The molecule has 2 nitrogen and oxygen atoms in total. The summed E-state index contributed by atoms with van der Waals surface area (Å²) < 4.78 is 0. The summed E-state index contributed by atoms with van der Waals surface area (Å²) in [5.41, 5.74) is 1.16. The van der Waals surface area contributed by atoms with E-state index in [9.17, 15) is 5.11 Å². The van der Waals surface area contributed by atoms with E-state index in [1.165, 1.54) is 0 Å². The lowest BCUT2D eigenvalue weighted by molar-refractivity contribution is 0.350. The van der Waals surface area contributed by atoms with Crippen molar-refractivity contribution in [3.05, 3.63) is 48.3 Å². The minimum absolute atomic E-state index is 0. The van der Waals surface area contributed by atoms with Crippen molar-refractivity contribution in [2.75, 3.05) is 0 Å². The second-order valence-corrected chi connectivity index (χ2v) is 2.82. The SMILES string of the molecule is C=CCC1C(O)=CC=CC1=CC.O. The number of rotatable bonds is 2. The van der Waals surface area contributed by atoms with E-state index < -0.39 is 0 Å². The molecule has 0 saturated heterocycles. The van der Waals surface area contributed by atoms with Crippen molar-refractivity contribution in [1.29, 1.82) is 0 Å². The van der Waals surface area contributed by atoms with Crippen molar-refractivity contribution in [2.45, 2.75) is 13.3 Å². The Kier molecular flexibility index (Phi) is 4.85. The molecule has 0 bridgehead atoms. The van der Waals surface area contributed by atoms with E-state index in [0.717, 1.165) is 12.0 Å². The van der Waals surface area contributed by atoms with Gasteiger partial charge in [0.2, 0.25) is 0 Å². The number of hydrogen-bond acceptors (Lipinski definition) is 1. The maximum atomic E-state index is 9.52. The fourth-order valence-corrected chi connectivity index (χ4v) is 1.38. The van der Waals surface area contributed by atoms with Crippen LogP contribution in [-0.2, 0) is 0 Å². The molecule has 0 aliphatic heterocycles. The Labute approximate surface area is 78.9 Å². The van der Waals surface area contributed by atoms with Gasteiger partial charge < -0.3 is 10.6 Å². The van der Waals surface area contributed by atoms with Crippen molar-refractivity contribution in [1.82, 2.24) is 0 Å². The molecule has 1 unspecified atom stereocenters. The van der Waals surface area contributed by atoms with Gasteiger partial charge in [-0.3, -0.25) is 0 Å². The smallest absolute Gasteiger partial charge is 0.1000 e. The summed E-state index contributed by atoms with van der Waals surface area (Å²) in [5.74, 6) is 0.558. The van der Waals surface area contributed by atoms with Gasteiger partial charge in [-0.15, -0.1) is 6.58 Å². The van der Waals surface area contributed by atoms with Gasteiger partial charge in [0.15, 0.2) is 0 Å². The average molecular weight is 180 g/mol. The molecule has 0 heterocycles. The van der Waals surface area contributed by atoms with E-state index in [4.69, 9.17) is 0 Å². The van der Waals surface area contributed by atoms with Gasteiger partial charge in [0, 0.05) is 5.92 Å². The molecular formula is C11H16O2. The van der Waals surface area contributed by atoms with Crippen LogP contribution in [0.5, 0.6) is 0 Å². The summed E-state index contributed by atoms with van der Waals surface area (Å²) >= 11 is 0. The van der Waals surface area contributed by atoms with Gasteiger partial charge in [0.05, 0.1) is 5.76 Å². The van der Waals surface area contributed by atoms with Gasteiger partial charge in [0.1, 0.15) is 0 Å². The third kappa shape index (κ3) is 2.60. The Balaban J connectivity index is 0.00000144. The predicted molar refractivity (Wildman–Crippen MR) is 55.5 cm³/mol. The van der Waals surface area contributed by atoms with Crippen molar-refractivity contribution < 1.29 is 10.6 Å². The van der Waals surface area contributed by atoms with Crippen LogP contribution in [0.4, 0.5) is 0 Å². The summed E-state index contributed by atoms with van der Waals surface area (Å²) in [6.07, 6.45) is 10.3. The summed E-state index contributed by atoms with van der Waals surface area (Å²) in [4.78, 5) is 0. The molecule has 13 heavy (non-hydrogen) atoms. The zero-order valence-corrected chi connectivity index (χ0v) is 7.83.